The lowest BCUT2D eigenvalue weighted by Crippen LogP contribution is -2.42. The van der Waals surface area contributed by atoms with Gasteiger partial charge in [0.15, 0.2) is 0 Å². The molecule has 3 rings (SSSR count). The zero-order valence-corrected chi connectivity index (χ0v) is 17.5. The van der Waals surface area contributed by atoms with Crippen molar-refractivity contribution in [2.75, 3.05) is 13.1 Å². The molecule has 31 heavy (non-hydrogen) atoms. The summed E-state index contributed by atoms with van der Waals surface area (Å²) in [6.45, 7) is 0.140. The molecule has 0 aliphatic carbocycles. The number of nitrogens with zero attached hydrogens (tertiary/aromatic N) is 1. The smallest absolute Gasteiger partial charge is 0.416 e. The van der Waals surface area contributed by atoms with Crippen LogP contribution in [0.2, 0.25) is 5.02 Å². The minimum Gasteiger partial charge on any atom is -0.490 e. The van der Waals surface area contributed by atoms with Gasteiger partial charge < -0.3 is 4.74 Å². The maximum atomic E-state index is 13.0. The van der Waals surface area contributed by atoms with Crippen molar-refractivity contribution >= 4 is 27.5 Å². The third-order valence-electron chi connectivity index (χ3n) is 4.81. The Morgan fingerprint density at radius 1 is 1.13 bits per heavy atom. The molecule has 12 heteroatoms. The van der Waals surface area contributed by atoms with Gasteiger partial charge in [0.25, 0.3) is 5.91 Å². The number of carbonyl (C=O) groups is 1. The molecule has 0 saturated carbocycles. The number of hydrogen-bond donors (Lipinski definition) is 2. The molecule has 1 aliphatic rings. The average Bonchev–Trinajstić information content (AvgIpc) is 2.73. The summed E-state index contributed by atoms with van der Waals surface area (Å²) in [5, 5.41) is 8.77. The lowest BCUT2D eigenvalue weighted by molar-refractivity contribution is -0.137. The molecule has 0 bridgehead atoms. The highest BCUT2D eigenvalue weighted by Crippen LogP contribution is 2.32. The van der Waals surface area contributed by atoms with Crippen LogP contribution in [0, 0.1) is 0 Å². The highest BCUT2D eigenvalue weighted by Gasteiger charge is 2.34. The van der Waals surface area contributed by atoms with Crippen molar-refractivity contribution in [2.45, 2.75) is 30.0 Å². The van der Waals surface area contributed by atoms with E-state index in [0.29, 0.717) is 12.8 Å². The summed E-state index contributed by atoms with van der Waals surface area (Å²) in [5.74, 6) is -0.796. The first-order valence-corrected chi connectivity index (χ1v) is 10.9. The number of sulfonamides is 1. The number of hydrogen-bond acceptors (Lipinski definition) is 5. The second-order valence-corrected chi connectivity index (χ2v) is 9.11. The Morgan fingerprint density at radius 2 is 1.74 bits per heavy atom. The minimum atomic E-state index is -4.44. The fraction of sp³-hybridized carbons (Fsp3) is 0.316. The summed E-state index contributed by atoms with van der Waals surface area (Å²) in [4.78, 5) is 11.6. The Kier molecular flexibility index (Phi) is 6.79. The van der Waals surface area contributed by atoms with Gasteiger partial charge in [-0.1, -0.05) is 17.7 Å². The Labute approximate surface area is 181 Å². The van der Waals surface area contributed by atoms with Gasteiger partial charge in [-0.3, -0.25) is 10.0 Å². The first kappa shape index (κ1) is 23.3. The number of rotatable bonds is 5. The van der Waals surface area contributed by atoms with E-state index >= 15 is 0 Å². The van der Waals surface area contributed by atoms with Crippen molar-refractivity contribution in [3.05, 3.63) is 58.6 Å². The van der Waals surface area contributed by atoms with Crippen molar-refractivity contribution in [3.8, 4) is 5.75 Å². The minimum absolute atomic E-state index is 0.0698. The fourth-order valence-electron chi connectivity index (χ4n) is 3.24. The molecule has 168 valence electrons. The van der Waals surface area contributed by atoms with E-state index in [0.717, 1.165) is 12.1 Å². The molecule has 0 aromatic heterocycles. The molecule has 0 radical (unpaired) electrons. The van der Waals surface area contributed by atoms with Crippen LogP contribution in [0.15, 0.2) is 47.4 Å². The second kappa shape index (κ2) is 9.03. The van der Waals surface area contributed by atoms with Gasteiger partial charge in [0.2, 0.25) is 10.0 Å². The first-order chi connectivity index (χ1) is 14.5. The fourth-order valence-corrected chi connectivity index (χ4v) is 5.24. The van der Waals surface area contributed by atoms with Crippen molar-refractivity contribution < 1.29 is 36.3 Å². The van der Waals surface area contributed by atoms with Crippen LogP contribution in [0.5, 0.6) is 5.75 Å². The highest BCUT2D eigenvalue weighted by molar-refractivity contribution is 7.89. The summed E-state index contributed by atoms with van der Waals surface area (Å²) in [7, 11) is -4.09. The second-order valence-electron chi connectivity index (χ2n) is 6.80. The molecule has 2 aromatic carbocycles. The van der Waals surface area contributed by atoms with Gasteiger partial charge in [-0.25, -0.2) is 13.9 Å². The molecule has 1 saturated heterocycles. The van der Waals surface area contributed by atoms with Crippen molar-refractivity contribution in [2.24, 2.45) is 0 Å². The van der Waals surface area contributed by atoms with Crippen LogP contribution in [-0.4, -0.2) is 43.0 Å². The van der Waals surface area contributed by atoms with E-state index < -0.39 is 27.7 Å². The van der Waals surface area contributed by atoms with Crippen LogP contribution in [0.25, 0.3) is 0 Å². The van der Waals surface area contributed by atoms with Gasteiger partial charge >= 0.3 is 6.18 Å². The Bertz CT molecular complexity index is 1050. The molecule has 2 aromatic rings. The lowest BCUT2D eigenvalue weighted by Gasteiger charge is -2.32. The summed E-state index contributed by atoms with van der Waals surface area (Å²) in [6, 6.07) is 8.20. The van der Waals surface area contributed by atoms with Gasteiger partial charge in [-0.15, -0.1) is 0 Å². The number of benzene rings is 2. The number of alkyl halides is 3. The summed E-state index contributed by atoms with van der Waals surface area (Å²) in [6.07, 6.45) is -4.24. The molecule has 7 nitrogen and oxygen atoms in total. The van der Waals surface area contributed by atoms with Crippen molar-refractivity contribution in [1.29, 1.82) is 0 Å². The van der Waals surface area contributed by atoms with Crippen LogP contribution < -0.4 is 10.2 Å². The molecular weight excluding hydrogens is 461 g/mol. The average molecular weight is 479 g/mol. The number of hydroxylamine groups is 1. The molecule has 1 fully saturated rings. The van der Waals surface area contributed by atoms with Gasteiger partial charge in [-0.2, -0.15) is 17.5 Å². The van der Waals surface area contributed by atoms with E-state index in [1.807, 2.05) is 0 Å². The number of piperidine rings is 1. The Balaban J connectivity index is 1.70. The zero-order valence-electron chi connectivity index (χ0n) is 15.9. The summed E-state index contributed by atoms with van der Waals surface area (Å²) >= 11 is 5.96. The van der Waals surface area contributed by atoms with Crippen LogP contribution in [-0.2, 0) is 16.2 Å². The molecule has 0 unspecified atom stereocenters. The predicted molar refractivity (Wildman–Crippen MR) is 105 cm³/mol. The van der Waals surface area contributed by atoms with Crippen LogP contribution >= 0.6 is 11.6 Å². The van der Waals surface area contributed by atoms with Gasteiger partial charge in [0.1, 0.15) is 11.9 Å². The quantitative estimate of drug-likeness (QED) is 0.504. The van der Waals surface area contributed by atoms with Crippen LogP contribution in [0.1, 0.15) is 28.8 Å². The van der Waals surface area contributed by atoms with Gasteiger partial charge in [-0.05, 0) is 49.2 Å². The van der Waals surface area contributed by atoms with E-state index in [-0.39, 0.29) is 40.4 Å². The van der Waals surface area contributed by atoms with Gasteiger partial charge in [0.05, 0.1) is 21.0 Å². The van der Waals surface area contributed by atoms with E-state index in [9.17, 15) is 26.4 Å². The molecular formula is C19H18ClF3N2O5S. The first-order valence-electron chi connectivity index (χ1n) is 9.11. The molecule has 2 N–H and O–H groups in total. The molecule has 1 amide bonds. The maximum absolute atomic E-state index is 13.0. The number of carbonyl (C=O) groups excluding carboxylic acids is 1. The van der Waals surface area contributed by atoms with E-state index in [2.05, 4.69) is 0 Å². The van der Waals surface area contributed by atoms with Crippen molar-refractivity contribution in [3.63, 3.8) is 0 Å². The number of amides is 1. The number of nitrogens with one attached hydrogen (secondary N) is 1. The van der Waals surface area contributed by atoms with Crippen LogP contribution in [0.3, 0.4) is 0 Å². The summed E-state index contributed by atoms with van der Waals surface area (Å²) in [5.41, 5.74) is 0.235. The lowest BCUT2D eigenvalue weighted by atomic mass is 10.1. The van der Waals surface area contributed by atoms with Crippen LogP contribution in [0.4, 0.5) is 13.2 Å². The predicted octanol–water partition coefficient (Wildman–Crippen LogP) is 3.71. The third-order valence-corrected chi connectivity index (χ3v) is 7.06. The molecule has 1 aliphatic heterocycles. The van der Waals surface area contributed by atoms with E-state index in [4.69, 9.17) is 21.5 Å². The topological polar surface area (TPSA) is 95.9 Å². The normalized spacial score (nSPS) is 16.2. The highest BCUT2D eigenvalue weighted by atomic mass is 35.5. The molecule has 1 heterocycles. The monoisotopic (exact) mass is 478 g/mol. The molecule has 0 atom stereocenters. The SMILES string of the molecule is O=C(NO)c1c(Cl)cccc1S(=O)(=O)N1CCC(Oc2ccc(C(F)(F)F)cc2)CC1. The zero-order chi connectivity index (χ0) is 22.8. The van der Waals surface area contributed by atoms with Crippen molar-refractivity contribution in [1.82, 2.24) is 9.79 Å². The van der Waals surface area contributed by atoms with Gasteiger partial charge in [0, 0.05) is 13.1 Å². The summed E-state index contributed by atoms with van der Waals surface area (Å²) < 4.78 is 70.9. The van der Waals surface area contributed by atoms with E-state index in [1.165, 1.54) is 40.1 Å². The Hall–Kier alpha value is -2.34. The standard InChI is InChI=1S/C19H18ClF3N2O5S/c20-15-2-1-3-16(17(15)18(26)24-27)31(28,29)25-10-8-14(9-11-25)30-13-6-4-12(5-7-13)19(21,22)23/h1-7,14,27H,8-11H2,(H,24,26). The van der Waals surface area contributed by atoms with E-state index in [1.54, 1.807) is 0 Å². The third kappa shape index (κ3) is 5.12. The largest absolute Gasteiger partial charge is 0.490 e. The molecule has 0 spiro atoms. The number of ether oxygens (including phenoxy) is 1. The number of halogens is 4. The maximum Gasteiger partial charge on any atom is 0.416 e. The Morgan fingerprint density at radius 3 is 2.29 bits per heavy atom.